The second kappa shape index (κ2) is 9.64. The fourth-order valence-electron chi connectivity index (χ4n) is 1.54. The van der Waals surface area contributed by atoms with Crippen LogP contribution in [0.25, 0.3) is 0 Å². The van der Waals surface area contributed by atoms with Gasteiger partial charge in [-0.3, -0.25) is 0 Å². The second-order valence-corrected chi connectivity index (χ2v) is 6.99. The van der Waals surface area contributed by atoms with Crippen LogP contribution in [0.3, 0.4) is 0 Å². The summed E-state index contributed by atoms with van der Waals surface area (Å²) in [5.41, 5.74) is 0. The van der Waals surface area contributed by atoms with Gasteiger partial charge in [0, 0.05) is 6.42 Å². The Morgan fingerprint density at radius 1 is 1.17 bits per heavy atom. The molecule has 0 atom stereocenters. The van der Waals surface area contributed by atoms with E-state index >= 15 is 0 Å². The van der Waals surface area contributed by atoms with Crippen molar-refractivity contribution in [2.45, 2.75) is 43.0 Å². The van der Waals surface area contributed by atoms with Gasteiger partial charge in [0.2, 0.25) is 0 Å². The molecule has 0 unspecified atom stereocenters. The Labute approximate surface area is 159 Å². The van der Waals surface area contributed by atoms with Crippen molar-refractivity contribution in [3.8, 4) is 11.8 Å². The van der Waals surface area contributed by atoms with Gasteiger partial charge in [-0.15, -0.1) is 11.8 Å². The Bertz CT molecular complexity index is 293. The van der Waals surface area contributed by atoms with E-state index < -0.39 is 11.0 Å². The first-order valence-electron chi connectivity index (χ1n) is 5.99. The summed E-state index contributed by atoms with van der Waals surface area (Å²) >= 11 is 1.95. The van der Waals surface area contributed by atoms with Crippen LogP contribution in [0.2, 0.25) is 0 Å². The minimum Gasteiger partial charge on any atom is -0.447 e. The fourth-order valence-corrected chi connectivity index (χ4v) is 4.41. The van der Waals surface area contributed by atoms with Gasteiger partial charge in [-0.1, -0.05) is 19.8 Å². The van der Waals surface area contributed by atoms with Crippen molar-refractivity contribution in [2.75, 3.05) is 11.5 Å². The average molecular weight is 320 g/mol. The van der Waals surface area contributed by atoms with Crippen LogP contribution in [-0.2, 0) is 0 Å². The molecule has 0 bridgehead atoms. The zero-order valence-corrected chi connectivity index (χ0v) is 15.7. The molecule has 0 aliphatic carbocycles. The summed E-state index contributed by atoms with van der Waals surface area (Å²) < 4.78 is 37.5. The zero-order valence-electron chi connectivity index (χ0n) is 11.0. The molecule has 7 heteroatoms. The molecule has 0 saturated carbocycles. The SMILES string of the molecule is CCCCCC#CC1([B-](F)(F)F)SCCCS1.[K+]. The molecule has 0 amide bonds. The van der Waals surface area contributed by atoms with Crippen LogP contribution >= 0.6 is 23.5 Å². The molecule has 1 heterocycles. The van der Waals surface area contributed by atoms with Gasteiger partial charge in [0.05, 0.1) is 3.98 Å². The van der Waals surface area contributed by atoms with Crippen LogP contribution < -0.4 is 51.4 Å². The maximum atomic E-state index is 13.1. The predicted molar refractivity (Wildman–Crippen MR) is 73.3 cm³/mol. The van der Waals surface area contributed by atoms with Gasteiger partial charge in [0.25, 0.3) is 0 Å². The maximum Gasteiger partial charge on any atom is 1.00 e. The van der Waals surface area contributed by atoms with Crippen molar-refractivity contribution in [2.24, 2.45) is 0 Å². The van der Waals surface area contributed by atoms with Crippen LogP contribution in [0.5, 0.6) is 0 Å². The predicted octanol–water partition coefficient (Wildman–Crippen LogP) is 1.53. The molecule has 0 nitrogen and oxygen atoms in total. The van der Waals surface area contributed by atoms with Gasteiger partial charge in [-0.25, -0.2) is 0 Å². The Kier molecular flexibility index (Phi) is 10.6. The van der Waals surface area contributed by atoms with Crippen molar-refractivity contribution in [1.82, 2.24) is 0 Å². The van der Waals surface area contributed by atoms with E-state index in [0.717, 1.165) is 49.2 Å². The van der Waals surface area contributed by atoms with Crippen LogP contribution in [0.1, 0.15) is 39.0 Å². The van der Waals surface area contributed by atoms with Crippen molar-refractivity contribution in [3.63, 3.8) is 0 Å². The number of thioether (sulfide) groups is 2. The molecule has 1 rings (SSSR count). The molecular weight excluding hydrogens is 303 g/mol. The van der Waals surface area contributed by atoms with Crippen molar-refractivity contribution in [1.29, 1.82) is 0 Å². The third kappa shape index (κ3) is 6.03. The van der Waals surface area contributed by atoms with Crippen LogP contribution in [0.4, 0.5) is 12.9 Å². The largest absolute Gasteiger partial charge is 1.00 e. The Morgan fingerprint density at radius 2 is 1.78 bits per heavy atom. The van der Waals surface area contributed by atoms with E-state index in [2.05, 4.69) is 18.8 Å². The van der Waals surface area contributed by atoms with Crippen molar-refractivity contribution >= 4 is 30.5 Å². The van der Waals surface area contributed by atoms with Crippen molar-refractivity contribution < 1.29 is 64.3 Å². The number of rotatable bonds is 4. The summed E-state index contributed by atoms with van der Waals surface area (Å²) in [6.07, 6.45) is 4.45. The standard InChI is InChI=1S/C11H17BF3S2.K/c1-2-3-4-5-6-8-11(12(13,14)15)16-9-7-10-17-11;/h2-5,7,9-10H2,1H3;/q-1;+1. The molecular formula is C11H17BF3KS2. The minimum atomic E-state index is -4.90. The van der Waals surface area contributed by atoms with Crippen molar-refractivity contribution in [3.05, 3.63) is 0 Å². The topological polar surface area (TPSA) is 0 Å². The second-order valence-electron chi connectivity index (χ2n) is 4.05. The molecule has 0 radical (unpaired) electrons. The van der Waals surface area contributed by atoms with E-state index in [0.29, 0.717) is 17.9 Å². The number of hydrogen-bond donors (Lipinski definition) is 0. The Morgan fingerprint density at radius 3 is 2.28 bits per heavy atom. The monoisotopic (exact) mass is 320 g/mol. The molecule has 0 N–H and O–H groups in total. The molecule has 0 spiro atoms. The third-order valence-corrected chi connectivity index (χ3v) is 5.81. The number of hydrogen-bond acceptors (Lipinski definition) is 2. The van der Waals surface area contributed by atoms with Crippen LogP contribution in [0.15, 0.2) is 0 Å². The third-order valence-electron chi connectivity index (χ3n) is 2.52. The summed E-state index contributed by atoms with van der Waals surface area (Å²) in [5.74, 6) is 6.39. The summed E-state index contributed by atoms with van der Waals surface area (Å²) in [6, 6.07) is 0. The average Bonchev–Trinajstić information content (AvgIpc) is 2.29. The quantitative estimate of drug-likeness (QED) is 0.438. The van der Waals surface area contributed by atoms with Crippen LogP contribution in [0, 0.1) is 11.8 Å². The molecule has 18 heavy (non-hydrogen) atoms. The van der Waals surface area contributed by atoms with Gasteiger partial charge >= 0.3 is 58.4 Å². The first-order chi connectivity index (χ1) is 8.02. The summed E-state index contributed by atoms with van der Waals surface area (Å²) in [4.78, 5) is 0. The van der Waals surface area contributed by atoms with E-state index in [9.17, 15) is 12.9 Å². The molecule has 0 aromatic rings. The van der Waals surface area contributed by atoms with Crippen LogP contribution in [-0.4, -0.2) is 22.5 Å². The molecule has 0 aromatic heterocycles. The smallest absolute Gasteiger partial charge is 0.447 e. The van der Waals surface area contributed by atoms with E-state index in [4.69, 9.17) is 0 Å². The molecule has 98 valence electrons. The molecule has 0 aromatic carbocycles. The zero-order chi connectivity index (χ0) is 12.8. The molecule has 1 aliphatic heterocycles. The van der Waals surface area contributed by atoms with E-state index in [1.807, 2.05) is 0 Å². The number of unbranched alkanes of at least 4 members (excludes halogenated alkanes) is 3. The van der Waals surface area contributed by atoms with Gasteiger partial charge in [-0.2, -0.15) is 23.5 Å². The van der Waals surface area contributed by atoms with E-state index in [1.54, 1.807) is 0 Å². The van der Waals surface area contributed by atoms with Gasteiger partial charge in [0.15, 0.2) is 0 Å². The summed E-state index contributed by atoms with van der Waals surface area (Å²) in [7, 11) is 0. The van der Waals surface area contributed by atoms with Gasteiger partial charge < -0.3 is 12.9 Å². The minimum absolute atomic E-state index is 0. The molecule has 1 aliphatic rings. The Hall–Kier alpha value is 1.75. The van der Waals surface area contributed by atoms with E-state index in [1.165, 1.54) is 0 Å². The van der Waals surface area contributed by atoms with E-state index in [-0.39, 0.29) is 51.4 Å². The first-order valence-corrected chi connectivity index (χ1v) is 7.96. The maximum absolute atomic E-state index is 13.1. The fraction of sp³-hybridized carbons (Fsp3) is 0.818. The Balaban J connectivity index is 0.00000289. The summed E-state index contributed by atoms with van der Waals surface area (Å²) in [6.45, 7) is -2.83. The summed E-state index contributed by atoms with van der Waals surface area (Å²) in [5, 5.41) is 0. The van der Waals surface area contributed by atoms with Gasteiger partial charge in [0.1, 0.15) is 0 Å². The van der Waals surface area contributed by atoms with Gasteiger partial charge in [-0.05, 0) is 24.3 Å². The number of halogens is 3. The first kappa shape index (κ1) is 19.8. The molecule has 1 saturated heterocycles. The normalized spacial score (nSPS) is 18.4. The molecule has 1 fully saturated rings.